The summed E-state index contributed by atoms with van der Waals surface area (Å²) in [5, 5.41) is 8.40. The molecule has 5 heteroatoms. The molecular formula is C9H5F2N3. The molecule has 2 aromatic rings. The van der Waals surface area contributed by atoms with Gasteiger partial charge in [-0.2, -0.15) is 5.26 Å². The average Bonchev–Trinajstić information content (AvgIpc) is 2.48. The predicted molar refractivity (Wildman–Crippen MR) is 45.3 cm³/mol. The Balaban J connectivity index is 2.61. The molecule has 14 heavy (non-hydrogen) atoms. The van der Waals surface area contributed by atoms with E-state index in [1.54, 1.807) is 0 Å². The highest BCUT2D eigenvalue weighted by atomic mass is 19.2. The summed E-state index contributed by atoms with van der Waals surface area (Å²) in [4.78, 5) is 6.64. The molecule has 0 fully saturated rings. The van der Waals surface area contributed by atoms with Crippen LogP contribution in [0.25, 0.3) is 11.0 Å². The van der Waals surface area contributed by atoms with Crippen LogP contribution in [0.2, 0.25) is 0 Å². The third-order valence-corrected chi connectivity index (χ3v) is 1.82. The summed E-state index contributed by atoms with van der Waals surface area (Å²) in [5.41, 5.74) is 0.725. The fourth-order valence-corrected chi connectivity index (χ4v) is 1.22. The van der Waals surface area contributed by atoms with Crippen molar-refractivity contribution in [3.05, 3.63) is 29.6 Å². The molecular weight excluding hydrogens is 188 g/mol. The normalized spacial score (nSPS) is 10.4. The lowest BCUT2D eigenvalue weighted by molar-refractivity contribution is 0.510. The van der Waals surface area contributed by atoms with Crippen LogP contribution in [-0.4, -0.2) is 9.97 Å². The largest absolute Gasteiger partial charge is 0.341 e. The molecule has 0 radical (unpaired) electrons. The van der Waals surface area contributed by atoms with Gasteiger partial charge in [0.15, 0.2) is 11.6 Å². The third-order valence-electron chi connectivity index (χ3n) is 1.82. The number of hydrogen-bond acceptors (Lipinski definition) is 2. The fraction of sp³-hybridized carbons (Fsp3) is 0.111. The van der Waals surface area contributed by atoms with Crippen molar-refractivity contribution in [1.82, 2.24) is 9.97 Å². The Hall–Kier alpha value is -1.96. The number of rotatable bonds is 1. The molecule has 1 aromatic heterocycles. The second-order valence-electron chi connectivity index (χ2n) is 2.80. The zero-order valence-electron chi connectivity index (χ0n) is 7.01. The van der Waals surface area contributed by atoms with E-state index in [0.29, 0.717) is 16.9 Å². The van der Waals surface area contributed by atoms with Crippen LogP contribution in [-0.2, 0) is 6.42 Å². The molecule has 0 aliphatic carbocycles. The number of nitriles is 1. The molecule has 1 N–H and O–H groups in total. The first-order valence-corrected chi connectivity index (χ1v) is 3.91. The molecule has 0 aliphatic rings. The highest BCUT2D eigenvalue weighted by Gasteiger charge is 2.07. The van der Waals surface area contributed by atoms with Crippen molar-refractivity contribution in [1.29, 1.82) is 5.26 Å². The van der Waals surface area contributed by atoms with Crippen LogP contribution in [0.1, 0.15) is 5.82 Å². The quantitative estimate of drug-likeness (QED) is 0.752. The van der Waals surface area contributed by atoms with Crippen molar-refractivity contribution < 1.29 is 8.78 Å². The van der Waals surface area contributed by atoms with Gasteiger partial charge < -0.3 is 4.98 Å². The van der Waals surface area contributed by atoms with E-state index in [1.165, 1.54) is 0 Å². The third kappa shape index (κ3) is 1.31. The smallest absolute Gasteiger partial charge is 0.161 e. The summed E-state index contributed by atoms with van der Waals surface area (Å²) in [6.07, 6.45) is 0.0952. The number of nitrogens with zero attached hydrogens (tertiary/aromatic N) is 2. The summed E-state index contributed by atoms with van der Waals surface area (Å²) in [7, 11) is 0. The number of H-pyrrole nitrogens is 1. The van der Waals surface area contributed by atoms with Crippen LogP contribution in [0.4, 0.5) is 8.78 Å². The van der Waals surface area contributed by atoms with Crippen molar-refractivity contribution in [2.24, 2.45) is 0 Å². The van der Waals surface area contributed by atoms with E-state index >= 15 is 0 Å². The Morgan fingerprint density at radius 3 is 2.79 bits per heavy atom. The van der Waals surface area contributed by atoms with Gasteiger partial charge in [-0.05, 0) is 0 Å². The van der Waals surface area contributed by atoms with Gasteiger partial charge in [0, 0.05) is 12.1 Å². The van der Waals surface area contributed by atoms with E-state index in [0.717, 1.165) is 12.1 Å². The van der Waals surface area contributed by atoms with Crippen molar-refractivity contribution in [2.45, 2.75) is 6.42 Å². The molecule has 70 valence electrons. The summed E-state index contributed by atoms with van der Waals surface area (Å²) in [6, 6.07) is 3.92. The molecule has 0 amide bonds. The lowest BCUT2D eigenvalue weighted by Gasteiger charge is -1.90. The first-order valence-electron chi connectivity index (χ1n) is 3.91. The minimum atomic E-state index is -0.937. The minimum absolute atomic E-state index is 0.0952. The number of benzene rings is 1. The highest BCUT2D eigenvalue weighted by Crippen LogP contribution is 2.16. The van der Waals surface area contributed by atoms with Crippen LogP contribution in [0.5, 0.6) is 0 Å². The van der Waals surface area contributed by atoms with Crippen LogP contribution in [0.15, 0.2) is 12.1 Å². The maximum atomic E-state index is 12.8. The number of aromatic amines is 1. The highest BCUT2D eigenvalue weighted by molar-refractivity contribution is 5.75. The minimum Gasteiger partial charge on any atom is -0.341 e. The van der Waals surface area contributed by atoms with Gasteiger partial charge in [-0.15, -0.1) is 0 Å². The summed E-state index contributed by atoms with van der Waals surface area (Å²) >= 11 is 0. The fourth-order valence-electron chi connectivity index (χ4n) is 1.22. The average molecular weight is 193 g/mol. The molecule has 3 nitrogen and oxygen atoms in total. The number of imidazole rings is 1. The molecule has 0 saturated carbocycles. The van der Waals surface area contributed by atoms with E-state index in [1.807, 2.05) is 6.07 Å². The number of fused-ring (bicyclic) bond motifs is 1. The van der Waals surface area contributed by atoms with E-state index in [4.69, 9.17) is 5.26 Å². The first kappa shape index (κ1) is 8.63. The summed E-state index contributed by atoms with van der Waals surface area (Å²) < 4.78 is 25.5. The Morgan fingerprint density at radius 1 is 1.36 bits per heavy atom. The lowest BCUT2D eigenvalue weighted by atomic mass is 10.3. The topological polar surface area (TPSA) is 52.5 Å². The van der Waals surface area contributed by atoms with Crippen LogP contribution in [0.3, 0.4) is 0 Å². The Labute approximate surface area is 78.0 Å². The van der Waals surface area contributed by atoms with Crippen molar-refractivity contribution >= 4 is 11.0 Å². The van der Waals surface area contributed by atoms with Gasteiger partial charge in [-0.25, -0.2) is 13.8 Å². The zero-order chi connectivity index (χ0) is 10.1. The van der Waals surface area contributed by atoms with Gasteiger partial charge in [0.05, 0.1) is 23.5 Å². The van der Waals surface area contributed by atoms with Crippen molar-refractivity contribution in [3.8, 4) is 6.07 Å². The van der Waals surface area contributed by atoms with Gasteiger partial charge in [-0.3, -0.25) is 0 Å². The number of halogens is 2. The van der Waals surface area contributed by atoms with Gasteiger partial charge in [-0.1, -0.05) is 0 Å². The molecule has 0 aliphatic heterocycles. The molecule has 0 spiro atoms. The van der Waals surface area contributed by atoms with Crippen molar-refractivity contribution in [3.63, 3.8) is 0 Å². The predicted octanol–water partition coefficient (Wildman–Crippen LogP) is 1.91. The Morgan fingerprint density at radius 2 is 2.07 bits per heavy atom. The lowest BCUT2D eigenvalue weighted by Crippen LogP contribution is -1.82. The van der Waals surface area contributed by atoms with E-state index < -0.39 is 11.6 Å². The molecule has 0 saturated heterocycles. The molecule has 0 unspecified atom stereocenters. The summed E-state index contributed by atoms with van der Waals surface area (Å²) in [6.45, 7) is 0. The van der Waals surface area contributed by atoms with Crippen molar-refractivity contribution in [2.75, 3.05) is 0 Å². The molecule has 1 heterocycles. The zero-order valence-corrected chi connectivity index (χ0v) is 7.01. The maximum absolute atomic E-state index is 12.8. The molecule has 1 aromatic carbocycles. The number of nitrogens with one attached hydrogen (secondary N) is 1. The standard InChI is InChI=1S/C9H5F2N3/c10-5-3-7-8(4-6(5)11)14-9(13-7)1-2-12/h3-4H,1H2,(H,13,14). The number of aromatic nitrogens is 2. The monoisotopic (exact) mass is 193 g/mol. The maximum Gasteiger partial charge on any atom is 0.161 e. The Bertz CT molecular complexity index is 486. The van der Waals surface area contributed by atoms with Gasteiger partial charge in [0.1, 0.15) is 5.82 Å². The van der Waals surface area contributed by atoms with E-state index in [2.05, 4.69) is 9.97 Å². The van der Waals surface area contributed by atoms with Crippen LogP contribution in [0, 0.1) is 23.0 Å². The Kier molecular flexibility index (Phi) is 1.89. The summed E-state index contributed by atoms with van der Waals surface area (Å²) in [5.74, 6) is -1.45. The second kappa shape index (κ2) is 3.07. The SMILES string of the molecule is N#CCc1nc2cc(F)c(F)cc2[nH]1. The first-order chi connectivity index (χ1) is 6.70. The molecule has 2 rings (SSSR count). The van der Waals surface area contributed by atoms with E-state index in [-0.39, 0.29) is 6.42 Å². The van der Waals surface area contributed by atoms with E-state index in [9.17, 15) is 8.78 Å². The second-order valence-corrected chi connectivity index (χ2v) is 2.80. The van der Waals surface area contributed by atoms with Gasteiger partial charge in [0.25, 0.3) is 0 Å². The van der Waals surface area contributed by atoms with Gasteiger partial charge >= 0.3 is 0 Å². The molecule has 0 atom stereocenters. The number of hydrogen-bond donors (Lipinski definition) is 1. The van der Waals surface area contributed by atoms with Crippen LogP contribution >= 0.6 is 0 Å². The van der Waals surface area contributed by atoms with Gasteiger partial charge in [0.2, 0.25) is 0 Å². The van der Waals surface area contributed by atoms with Crippen LogP contribution < -0.4 is 0 Å². The molecule has 0 bridgehead atoms.